The molecule has 6 nitrogen and oxygen atoms in total. The van der Waals surface area contributed by atoms with E-state index in [0.29, 0.717) is 6.54 Å². The maximum Gasteiger partial charge on any atom is 0.331 e. The summed E-state index contributed by atoms with van der Waals surface area (Å²) in [6, 6.07) is 14.3. The van der Waals surface area contributed by atoms with E-state index in [9.17, 15) is 9.59 Å². The smallest absolute Gasteiger partial charge is 0.331 e. The molecule has 2 aromatic carbocycles. The Labute approximate surface area is 200 Å². The van der Waals surface area contributed by atoms with E-state index in [1.165, 1.54) is 22.8 Å². The standard InChI is InChI=1S/C28H31N3O3/c1-18-8-10-22(11-9-18)17-31-20(3)26(19(2)30-31)14-15-27(32)34-21(4)28(33)29-25-13-12-23-6-5-7-24(23)16-25/h8-16,21H,5-7,17H2,1-4H3,(H,29,33)/b15-14+. The van der Waals surface area contributed by atoms with E-state index in [1.54, 1.807) is 13.0 Å². The maximum absolute atomic E-state index is 12.5. The maximum atomic E-state index is 12.5. The molecule has 0 fully saturated rings. The van der Waals surface area contributed by atoms with Crippen LogP contribution in [0.5, 0.6) is 0 Å². The molecule has 1 aromatic heterocycles. The summed E-state index contributed by atoms with van der Waals surface area (Å²) < 4.78 is 7.26. The average Bonchev–Trinajstić information content (AvgIpc) is 3.37. The van der Waals surface area contributed by atoms with Gasteiger partial charge in [0.25, 0.3) is 5.91 Å². The minimum Gasteiger partial charge on any atom is -0.449 e. The zero-order chi connectivity index (χ0) is 24.2. The first-order valence-corrected chi connectivity index (χ1v) is 11.7. The molecule has 1 N–H and O–H groups in total. The molecule has 176 valence electrons. The molecule has 1 amide bonds. The SMILES string of the molecule is Cc1ccc(Cn2nc(C)c(/C=C/C(=O)OC(C)C(=O)Nc3ccc4c(c3)CCC4)c2C)cc1. The van der Waals surface area contributed by atoms with Gasteiger partial charge in [-0.2, -0.15) is 5.10 Å². The van der Waals surface area contributed by atoms with Crippen LogP contribution in [-0.2, 0) is 33.7 Å². The number of benzene rings is 2. The summed E-state index contributed by atoms with van der Waals surface area (Å²) in [4.78, 5) is 24.9. The Kier molecular flexibility index (Phi) is 6.96. The molecule has 0 spiro atoms. The van der Waals surface area contributed by atoms with E-state index in [4.69, 9.17) is 4.74 Å². The first kappa shape index (κ1) is 23.5. The van der Waals surface area contributed by atoms with Crippen LogP contribution in [0.15, 0.2) is 48.5 Å². The molecule has 0 aliphatic heterocycles. The van der Waals surface area contributed by atoms with Crippen molar-refractivity contribution >= 4 is 23.6 Å². The highest BCUT2D eigenvalue weighted by Crippen LogP contribution is 2.25. The van der Waals surface area contributed by atoms with Crippen LogP contribution in [0.4, 0.5) is 5.69 Å². The number of hydrogen-bond acceptors (Lipinski definition) is 4. The van der Waals surface area contributed by atoms with Crippen LogP contribution >= 0.6 is 0 Å². The van der Waals surface area contributed by atoms with Gasteiger partial charge < -0.3 is 10.1 Å². The lowest BCUT2D eigenvalue weighted by Gasteiger charge is -2.13. The monoisotopic (exact) mass is 457 g/mol. The number of carbonyl (C=O) groups is 2. The Morgan fingerprint density at radius 3 is 2.59 bits per heavy atom. The van der Waals surface area contributed by atoms with E-state index >= 15 is 0 Å². The Morgan fingerprint density at radius 1 is 1.09 bits per heavy atom. The third-order valence-corrected chi connectivity index (χ3v) is 6.30. The normalized spacial score (nSPS) is 13.6. The van der Waals surface area contributed by atoms with Gasteiger partial charge in [0.15, 0.2) is 6.10 Å². The highest BCUT2D eigenvalue weighted by atomic mass is 16.5. The largest absolute Gasteiger partial charge is 0.449 e. The van der Waals surface area contributed by atoms with Crippen LogP contribution in [0.3, 0.4) is 0 Å². The molecule has 1 aliphatic rings. The fraction of sp³-hybridized carbons (Fsp3) is 0.321. The predicted molar refractivity (Wildman–Crippen MR) is 134 cm³/mol. The average molecular weight is 458 g/mol. The second-order valence-electron chi connectivity index (χ2n) is 8.97. The molecule has 0 bridgehead atoms. The van der Waals surface area contributed by atoms with Gasteiger partial charge in [-0.1, -0.05) is 35.9 Å². The van der Waals surface area contributed by atoms with Crippen molar-refractivity contribution in [1.82, 2.24) is 9.78 Å². The van der Waals surface area contributed by atoms with E-state index in [-0.39, 0.29) is 5.91 Å². The number of nitrogens with one attached hydrogen (secondary N) is 1. The first-order valence-electron chi connectivity index (χ1n) is 11.7. The lowest BCUT2D eigenvalue weighted by molar-refractivity contribution is -0.148. The zero-order valence-electron chi connectivity index (χ0n) is 20.2. The fourth-order valence-corrected chi connectivity index (χ4v) is 4.28. The van der Waals surface area contributed by atoms with Gasteiger partial charge in [-0.15, -0.1) is 0 Å². The molecule has 4 rings (SSSR count). The number of anilines is 1. The summed E-state index contributed by atoms with van der Waals surface area (Å²) >= 11 is 0. The van der Waals surface area contributed by atoms with E-state index in [0.717, 1.165) is 47.5 Å². The number of fused-ring (bicyclic) bond motifs is 1. The highest BCUT2D eigenvalue weighted by molar-refractivity contribution is 5.96. The van der Waals surface area contributed by atoms with Gasteiger partial charge in [0.05, 0.1) is 12.2 Å². The van der Waals surface area contributed by atoms with Crippen LogP contribution in [0, 0.1) is 20.8 Å². The van der Waals surface area contributed by atoms with Crippen LogP contribution in [-0.4, -0.2) is 27.8 Å². The summed E-state index contributed by atoms with van der Waals surface area (Å²) in [6.45, 7) is 8.18. The van der Waals surface area contributed by atoms with E-state index in [1.807, 2.05) is 30.7 Å². The number of nitrogens with zero attached hydrogens (tertiary/aromatic N) is 2. The number of amides is 1. The Morgan fingerprint density at radius 2 is 1.82 bits per heavy atom. The molecule has 34 heavy (non-hydrogen) atoms. The number of rotatable bonds is 7. The predicted octanol–water partition coefficient (Wildman–Crippen LogP) is 4.93. The zero-order valence-corrected chi connectivity index (χ0v) is 20.2. The lowest BCUT2D eigenvalue weighted by Crippen LogP contribution is -2.29. The molecule has 6 heteroatoms. The highest BCUT2D eigenvalue weighted by Gasteiger charge is 2.18. The van der Waals surface area contributed by atoms with Crippen molar-refractivity contribution in [3.8, 4) is 0 Å². The number of aryl methyl sites for hydroxylation is 4. The fourth-order valence-electron chi connectivity index (χ4n) is 4.28. The Balaban J connectivity index is 1.35. The van der Waals surface area contributed by atoms with Crippen LogP contribution in [0.1, 0.15) is 52.5 Å². The van der Waals surface area contributed by atoms with Crippen molar-refractivity contribution in [2.75, 3.05) is 5.32 Å². The molecule has 1 unspecified atom stereocenters. The van der Waals surface area contributed by atoms with Crippen molar-refractivity contribution in [2.45, 2.75) is 59.6 Å². The molecule has 1 atom stereocenters. The molecule has 1 aliphatic carbocycles. The summed E-state index contributed by atoms with van der Waals surface area (Å²) in [5.41, 5.74) is 8.40. The van der Waals surface area contributed by atoms with Crippen LogP contribution < -0.4 is 5.32 Å². The van der Waals surface area contributed by atoms with Gasteiger partial charge in [0.1, 0.15) is 0 Å². The van der Waals surface area contributed by atoms with Gasteiger partial charge in [-0.25, -0.2) is 4.79 Å². The summed E-state index contributed by atoms with van der Waals surface area (Å²) in [5, 5.41) is 7.46. The molecular weight excluding hydrogens is 426 g/mol. The minimum absolute atomic E-state index is 0.349. The van der Waals surface area contributed by atoms with Crippen LogP contribution in [0.25, 0.3) is 6.08 Å². The quantitative estimate of drug-likeness (QED) is 0.403. The Bertz CT molecular complexity index is 1240. The number of carbonyl (C=O) groups excluding carboxylic acids is 2. The van der Waals surface area contributed by atoms with E-state index < -0.39 is 12.1 Å². The molecule has 0 radical (unpaired) electrons. The molecule has 0 saturated carbocycles. The minimum atomic E-state index is -0.906. The van der Waals surface area contributed by atoms with Gasteiger partial charge in [-0.3, -0.25) is 9.48 Å². The molecule has 1 heterocycles. The second kappa shape index (κ2) is 10.1. The summed E-state index contributed by atoms with van der Waals surface area (Å²) in [7, 11) is 0. The summed E-state index contributed by atoms with van der Waals surface area (Å²) in [5.74, 6) is -0.917. The van der Waals surface area contributed by atoms with Crippen molar-refractivity contribution in [1.29, 1.82) is 0 Å². The van der Waals surface area contributed by atoms with Gasteiger partial charge >= 0.3 is 5.97 Å². The number of aromatic nitrogens is 2. The number of esters is 1. The Hall–Kier alpha value is -3.67. The van der Waals surface area contributed by atoms with Crippen molar-refractivity contribution < 1.29 is 14.3 Å². The third kappa shape index (κ3) is 5.45. The first-order chi connectivity index (χ1) is 16.3. The van der Waals surface area contributed by atoms with Gasteiger partial charge in [0, 0.05) is 23.0 Å². The molecule has 3 aromatic rings. The molecule has 0 saturated heterocycles. The number of hydrogen-bond donors (Lipinski definition) is 1. The topological polar surface area (TPSA) is 73.2 Å². The van der Waals surface area contributed by atoms with Gasteiger partial charge in [-0.05, 0) is 81.9 Å². The lowest BCUT2D eigenvalue weighted by atomic mass is 10.1. The summed E-state index contributed by atoms with van der Waals surface area (Å²) in [6.07, 6.45) is 5.43. The van der Waals surface area contributed by atoms with Gasteiger partial charge in [0.2, 0.25) is 0 Å². The van der Waals surface area contributed by atoms with Crippen LogP contribution in [0.2, 0.25) is 0 Å². The van der Waals surface area contributed by atoms with E-state index in [2.05, 4.69) is 47.7 Å². The number of ether oxygens (including phenoxy) is 1. The van der Waals surface area contributed by atoms with Crippen molar-refractivity contribution in [3.05, 3.63) is 87.7 Å². The second-order valence-corrected chi connectivity index (χ2v) is 8.97. The molecular formula is C28H31N3O3. The van der Waals surface area contributed by atoms with Crippen molar-refractivity contribution in [2.24, 2.45) is 0 Å². The third-order valence-electron chi connectivity index (χ3n) is 6.30. The van der Waals surface area contributed by atoms with Crippen molar-refractivity contribution in [3.63, 3.8) is 0 Å².